The normalized spacial score (nSPS) is 12.2. The maximum Gasteiger partial charge on any atom is 0.335 e. The fraction of sp³-hybridized carbons (Fsp3) is 0.323. The minimum absolute atomic E-state index is 0.0394. The third kappa shape index (κ3) is 8.60. The molecule has 8 nitrogen and oxygen atoms in total. The van der Waals surface area contributed by atoms with Crippen LogP contribution in [0, 0.1) is 0 Å². The number of anilines is 2. The molecule has 0 spiro atoms. The van der Waals surface area contributed by atoms with Gasteiger partial charge in [-0.3, -0.25) is 9.59 Å². The second kappa shape index (κ2) is 14.0. The quantitative estimate of drug-likeness (QED) is 0.233. The summed E-state index contributed by atoms with van der Waals surface area (Å²) in [5.41, 5.74) is 2.73. The topological polar surface area (TPSA) is 114 Å². The number of carbonyl (C=O) groups is 3. The maximum absolute atomic E-state index is 12.6. The second-order valence-corrected chi connectivity index (χ2v) is 9.50. The average Bonchev–Trinajstić information content (AvgIpc) is 2.95. The van der Waals surface area contributed by atoms with E-state index in [4.69, 9.17) is 9.47 Å². The van der Waals surface area contributed by atoms with Crippen molar-refractivity contribution in [3.8, 4) is 11.5 Å². The number of rotatable bonds is 13. The lowest BCUT2D eigenvalue weighted by atomic mass is 9.99. The molecule has 2 atom stereocenters. The van der Waals surface area contributed by atoms with Gasteiger partial charge in [0.1, 0.15) is 11.5 Å². The van der Waals surface area contributed by atoms with Crippen LogP contribution in [0.3, 0.4) is 0 Å². The Morgan fingerprint density at radius 1 is 0.692 bits per heavy atom. The van der Waals surface area contributed by atoms with Gasteiger partial charge < -0.3 is 25.2 Å². The summed E-state index contributed by atoms with van der Waals surface area (Å²) in [6, 6.07) is 19.2. The SMILES string of the molecule is CC[C@@H](C)c1ccc(OCC(=O)Nc2ccc(C(=O)O)cc2NC(=O)COc2ccc([C@H](C)CC)cc2)cc1. The summed E-state index contributed by atoms with van der Waals surface area (Å²) in [4.78, 5) is 36.7. The first-order chi connectivity index (χ1) is 18.7. The van der Waals surface area contributed by atoms with Crippen LogP contribution in [0.25, 0.3) is 0 Å². The lowest BCUT2D eigenvalue weighted by Crippen LogP contribution is -2.24. The third-order valence-corrected chi connectivity index (χ3v) is 6.68. The molecule has 0 saturated carbocycles. The molecule has 0 heterocycles. The number of amides is 2. The molecule has 3 aromatic carbocycles. The fourth-order valence-corrected chi connectivity index (χ4v) is 3.82. The molecule has 0 radical (unpaired) electrons. The van der Waals surface area contributed by atoms with Crippen molar-refractivity contribution in [3.05, 3.63) is 83.4 Å². The molecule has 0 aliphatic rings. The van der Waals surface area contributed by atoms with E-state index in [1.807, 2.05) is 48.5 Å². The maximum atomic E-state index is 12.6. The summed E-state index contributed by atoms with van der Waals surface area (Å²) < 4.78 is 11.2. The second-order valence-electron chi connectivity index (χ2n) is 9.50. The van der Waals surface area contributed by atoms with Crippen LogP contribution in [0.1, 0.15) is 73.9 Å². The largest absolute Gasteiger partial charge is 0.484 e. The van der Waals surface area contributed by atoms with Crippen LogP contribution in [0.2, 0.25) is 0 Å². The molecule has 8 heteroatoms. The Morgan fingerprint density at radius 3 is 1.54 bits per heavy atom. The Labute approximate surface area is 229 Å². The number of hydrogen-bond donors (Lipinski definition) is 3. The summed E-state index contributed by atoms with van der Waals surface area (Å²) in [7, 11) is 0. The number of carboxylic acids is 1. The number of carbonyl (C=O) groups excluding carboxylic acids is 2. The van der Waals surface area contributed by atoms with Crippen LogP contribution in [0.4, 0.5) is 11.4 Å². The van der Waals surface area contributed by atoms with Crippen LogP contribution in [-0.4, -0.2) is 36.1 Å². The molecule has 3 N–H and O–H groups in total. The van der Waals surface area contributed by atoms with Crippen LogP contribution in [0.15, 0.2) is 66.7 Å². The van der Waals surface area contributed by atoms with Crippen LogP contribution in [0.5, 0.6) is 11.5 Å². The van der Waals surface area contributed by atoms with Crippen molar-refractivity contribution in [2.24, 2.45) is 0 Å². The Hall–Kier alpha value is -4.33. The molecule has 2 amide bonds. The van der Waals surface area contributed by atoms with Gasteiger partial charge in [0, 0.05) is 0 Å². The zero-order valence-corrected chi connectivity index (χ0v) is 22.8. The summed E-state index contributed by atoms with van der Waals surface area (Å²) in [6.45, 7) is 7.98. The van der Waals surface area contributed by atoms with Gasteiger partial charge in [-0.05, 0) is 78.3 Å². The minimum atomic E-state index is -1.16. The summed E-state index contributed by atoms with van der Waals surface area (Å²) in [6.07, 6.45) is 2.05. The van der Waals surface area contributed by atoms with Crippen LogP contribution < -0.4 is 20.1 Å². The molecule has 39 heavy (non-hydrogen) atoms. The summed E-state index contributed by atoms with van der Waals surface area (Å²) in [5.74, 6) is -0.164. The fourth-order valence-electron chi connectivity index (χ4n) is 3.82. The molecule has 0 unspecified atom stereocenters. The first-order valence-electron chi connectivity index (χ1n) is 13.1. The predicted molar refractivity (Wildman–Crippen MR) is 152 cm³/mol. The number of aromatic carboxylic acids is 1. The minimum Gasteiger partial charge on any atom is -0.484 e. The van der Waals surface area contributed by atoms with Gasteiger partial charge in [0.05, 0.1) is 16.9 Å². The van der Waals surface area contributed by atoms with Gasteiger partial charge >= 0.3 is 5.97 Å². The van der Waals surface area contributed by atoms with E-state index in [9.17, 15) is 19.5 Å². The first-order valence-corrected chi connectivity index (χ1v) is 13.1. The highest BCUT2D eigenvalue weighted by atomic mass is 16.5. The lowest BCUT2D eigenvalue weighted by molar-refractivity contribution is -0.119. The van der Waals surface area contributed by atoms with Crippen molar-refractivity contribution in [1.82, 2.24) is 0 Å². The Bertz CT molecular complexity index is 1270. The standard InChI is InChI=1S/C31H36N2O6/c1-5-20(3)22-7-12-25(13-8-22)38-18-29(34)32-27-16-11-24(31(36)37)17-28(27)33-30(35)19-39-26-14-9-23(10-15-26)21(4)6-2/h7-17,20-21H,5-6,18-19H2,1-4H3,(H,32,34)(H,33,35)(H,36,37)/t20-,21-/m1/s1. The van der Waals surface area contributed by atoms with Crippen molar-refractivity contribution in [3.63, 3.8) is 0 Å². The molecular weight excluding hydrogens is 496 g/mol. The van der Waals surface area contributed by atoms with E-state index in [0.717, 1.165) is 12.8 Å². The van der Waals surface area contributed by atoms with E-state index < -0.39 is 17.8 Å². The Kier molecular flexibility index (Phi) is 10.5. The highest BCUT2D eigenvalue weighted by Crippen LogP contribution is 2.25. The molecule has 0 aliphatic heterocycles. The van der Waals surface area contributed by atoms with E-state index in [2.05, 4.69) is 38.3 Å². The van der Waals surface area contributed by atoms with Crippen molar-refractivity contribution in [2.45, 2.75) is 52.4 Å². The van der Waals surface area contributed by atoms with E-state index in [1.54, 1.807) is 0 Å². The highest BCUT2D eigenvalue weighted by Gasteiger charge is 2.15. The number of nitrogens with one attached hydrogen (secondary N) is 2. The molecule has 3 aromatic rings. The van der Waals surface area contributed by atoms with Gasteiger partial charge in [0.25, 0.3) is 11.8 Å². The zero-order chi connectivity index (χ0) is 28.4. The number of hydrogen-bond acceptors (Lipinski definition) is 5. The zero-order valence-electron chi connectivity index (χ0n) is 22.8. The van der Waals surface area contributed by atoms with Crippen molar-refractivity contribution in [2.75, 3.05) is 23.8 Å². The third-order valence-electron chi connectivity index (χ3n) is 6.68. The molecule has 0 aliphatic carbocycles. The molecule has 0 aromatic heterocycles. The van der Waals surface area contributed by atoms with Gasteiger partial charge in [-0.15, -0.1) is 0 Å². The molecule has 0 bridgehead atoms. The van der Waals surface area contributed by atoms with Crippen LogP contribution >= 0.6 is 0 Å². The molecule has 0 saturated heterocycles. The number of carboxylic acid groups (broad SMARTS) is 1. The highest BCUT2D eigenvalue weighted by molar-refractivity contribution is 6.02. The van der Waals surface area contributed by atoms with Gasteiger partial charge in [-0.2, -0.15) is 0 Å². The Balaban J connectivity index is 1.61. The van der Waals surface area contributed by atoms with Gasteiger partial charge in [-0.25, -0.2) is 4.79 Å². The number of ether oxygens (including phenoxy) is 2. The van der Waals surface area contributed by atoms with Gasteiger partial charge in [0.15, 0.2) is 13.2 Å². The monoisotopic (exact) mass is 532 g/mol. The summed E-state index contributed by atoms with van der Waals surface area (Å²) in [5, 5.41) is 14.7. The Morgan fingerprint density at radius 2 is 1.13 bits per heavy atom. The van der Waals surface area contributed by atoms with Gasteiger partial charge in [-0.1, -0.05) is 52.0 Å². The van der Waals surface area contributed by atoms with Crippen molar-refractivity contribution >= 4 is 29.2 Å². The molecule has 206 valence electrons. The molecule has 0 fully saturated rings. The van der Waals surface area contributed by atoms with Gasteiger partial charge in [0.2, 0.25) is 0 Å². The van der Waals surface area contributed by atoms with E-state index in [0.29, 0.717) is 23.3 Å². The molecule has 3 rings (SSSR count). The van der Waals surface area contributed by atoms with Crippen LogP contribution in [-0.2, 0) is 9.59 Å². The summed E-state index contributed by atoms with van der Waals surface area (Å²) >= 11 is 0. The molecular formula is C31H36N2O6. The number of benzene rings is 3. The average molecular weight is 533 g/mol. The van der Waals surface area contributed by atoms with Crippen molar-refractivity contribution in [1.29, 1.82) is 0 Å². The predicted octanol–water partition coefficient (Wildman–Crippen LogP) is 6.45. The van der Waals surface area contributed by atoms with Crippen molar-refractivity contribution < 1.29 is 29.0 Å². The van der Waals surface area contributed by atoms with E-state index >= 15 is 0 Å². The van der Waals surface area contributed by atoms with E-state index in [1.165, 1.54) is 29.3 Å². The smallest absolute Gasteiger partial charge is 0.335 e. The van der Waals surface area contributed by atoms with E-state index in [-0.39, 0.29) is 30.2 Å². The first kappa shape index (κ1) is 29.2. The lowest BCUT2D eigenvalue weighted by Gasteiger charge is -2.15.